The van der Waals surface area contributed by atoms with Gasteiger partial charge in [-0.1, -0.05) is 181 Å². The topological polar surface area (TPSA) is 152 Å². The first-order chi connectivity index (χ1) is 62.7. The number of ether oxygens (including phenoxy) is 4. The number of aliphatic hydroxyl groups excluding tert-OH is 2. The monoisotopic (exact) mass is 2640 g/mol. The van der Waals surface area contributed by atoms with Gasteiger partial charge in [0.15, 0.2) is 34.5 Å². The number of benzene rings is 12. The van der Waals surface area contributed by atoms with E-state index in [2.05, 4.69) is 220 Å². The zero-order valence-electron chi connectivity index (χ0n) is 70.6. The molecule has 3 aliphatic heterocycles. The van der Waals surface area contributed by atoms with Gasteiger partial charge >= 0.3 is 0 Å². The number of anilines is 7. The summed E-state index contributed by atoms with van der Waals surface area (Å²) in [7, 11) is 0. The van der Waals surface area contributed by atoms with E-state index < -0.39 is 12.2 Å². The SMILES string of the molecule is Brc1ccc2c(c1)Oc1cc(Br)ccc1N2CCCCOc1c[c-]c(-c2ccccn2)cc1.Brc1ccc2c(c1)Oc1cc(Br)ccc1N2c1c[c-]c(-c2ccccn2)cc1.CC(O)CC(O)CCCCCN1c2ccc(Br)cc2Oc2cc(Br)ccc21.[Ir].[Ir].[Ir].[c-]1ccccc1-c1ccccn1.[c-]1ccccc1-c1ccccn1.[c-]1ccccc1-c1nccc2ccccc12. The summed E-state index contributed by atoms with van der Waals surface area (Å²) in [5.74, 6) is 5.84. The Morgan fingerprint density at radius 3 is 1.10 bits per heavy atom. The Hall–Kier alpha value is -10.0. The van der Waals surface area contributed by atoms with Crippen molar-refractivity contribution in [1.82, 2.24) is 24.9 Å². The molecule has 0 bridgehead atoms. The number of pyridine rings is 5. The zero-order valence-corrected chi connectivity index (χ0v) is 87.3. The predicted octanol–water partition coefficient (Wildman–Crippen LogP) is 30.8. The maximum atomic E-state index is 9.88. The zero-order chi connectivity index (χ0) is 88.3. The molecule has 0 amide bonds. The Kier molecular flexibility index (Phi) is 38.7. The molecule has 667 valence electrons. The Balaban J connectivity index is 0.000000147. The van der Waals surface area contributed by atoms with Gasteiger partial charge in [-0.25, -0.2) is 0 Å². The number of aromatic nitrogens is 5. The third-order valence-corrected chi connectivity index (χ3v) is 23.5. The van der Waals surface area contributed by atoms with E-state index in [0.717, 1.165) is 215 Å². The fourth-order valence-electron chi connectivity index (χ4n) is 14.5. The normalized spacial score (nSPS) is 11.7. The van der Waals surface area contributed by atoms with E-state index in [-0.39, 0.29) is 60.3 Å². The summed E-state index contributed by atoms with van der Waals surface area (Å²) in [6, 6.07) is 122. The number of unbranched alkanes of at least 4 members (excludes halogenated alkanes) is 3. The molecule has 3 aliphatic rings. The Labute approximate surface area is 856 Å². The van der Waals surface area contributed by atoms with Gasteiger partial charge in [0.05, 0.1) is 52.9 Å². The first kappa shape index (κ1) is 100.0. The molecule has 0 saturated carbocycles. The number of halogens is 6. The Morgan fingerprint density at radius 2 is 0.718 bits per heavy atom. The van der Waals surface area contributed by atoms with E-state index in [9.17, 15) is 10.2 Å². The second-order valence-corrected chi connectivity index (χ2v) is 35.2. The summed E-state index contributed by atoms with van der Waals surface area (Å²) in [6.07, 6.45) is 14.3. The molecule has 2 atom stereocenters. The molecular weight excluding hydrogens is 2560 g/mol. The van der Waals surface area contributed by atoms with Crippen LogP contribution in [-0.2, 0) is 60.3 Å². The molecule has 12 aromatic carbocycles. The Bertz CT molecular complexity index is 6140. The van der Waals surface area contributed by atoms with Gasteiger partial charge in [0.1, 0.15) is 0 Å². The van der Waals surface area contributed by atoms with Gasteiger partial charge in [-0.2, -0.15) is 0 Å². The summed E-state index contributed by atoms with van der Waals surface area (Å²) in [5, 5.41) is 21.6. The smallest absolute Gasteiger partial charge is 0.152 e. The molecule has 131 heavy (non-hydrogen) atoms. The van der Waals surface area contributed by atoms with Crippen LogP contribution in [0.25, 0.3) is 67.1 Å². The van der Waals surface area contributed by atoms with Crippen LogP contribution in [0, 0.1) is 30.3 Å². The first-order valence-corrected chi connectivity index (χ1v) is 46.5. The van der Waals surface area contributed by atoms with E-state index in [0.29, 0.717) is 13.0 Å². The van der Waals surface area contributed by atoms with Crippen molar-refractivity contribution in [2.75, 3.05) is 34.4 Å². The standard InChI is InChI=1S/C27H21Br2N2O2.C23H13Br2N2O.C21H25Br2NO3.C15H10N.2C11H8N.3Ir/c28-20-8-12-24-26(17-20)33-27-18-21(29)9-13-25(27)31(24)15-3-4-16-32-22-10-6-19(7-11-22)23-5-1-2-14-30-23;24-16-6-10-20-22(13-16)28-23-14-17(25)7-11-21(23)27(20)18-8-4-15(5-9-18)19-3-1-2-12-26-19;1-14(25)11-17(26)5-3-2-4-10-24-18-8-6-15(22)12-20(18)27-21-13-16(23)7-9-19(21)24;1-2-7-13(8-3-1)15-14-9-5-4-6-12(14)10-11-16-15;2*1-2-6-10(7-3-1)11-8-4-5-9-12-11;;;/h1-2,5-6,8-14,17-18H,3-4,15-16H2;1-4,6-14H;6-9,12-14,17,25-26H,2-5,10-11H2,1H3;1-7,9-11H;2*1-6,8-9H;;;/q2*-1;;3*-1;;;. The molecule has 0 saturated heterocycles. The van der Waals surface area contributed by atoms with Crippen LogP contribution in [0.2, 0.25) is 0 Å². The van der Waals surface area contributed by atoms with Crippen molar-refractivity contribution in [3.05, 3.63) is 410 Å². The van der Waals surface area contributed by atoms with E-state index >= 15 is 0 Å². The van der Waals surface area contributed by atoms with Crippen LogP contribution in [0.3, 0.4) is 0 Å². The molecule has 17 aromatic rings. The van der Waals surface area contributed by atoms with E-state index in [1.165, 1.54) is 10.8 Å². The fourth-order valence-corrected chi connectivity index (χ4v) is 16.6. The number of hydrogen-bond donors (Lipinski definition) is 2. The molecule has 0 fully saturated rings. The molecule has 20 rings (SSSR count). The first-order valence-electron chi connectivity index (χ1n) is 41.8. The molecule has 0 aliphatic carbocycles. The summed E-state index contributed by atoms with van der Waals surface area (Å²) in [6.45, 7) is 4.13. The van der Waals surface area contributed by atoms with Crippen molar-refractivity contribution in [3.8, 4) is 96.5 Å². The van der Waals surface area contributed by atoms with Crippen LogP contribution in [0.15, 0.2) is 379 Å². The van der Waals surface area contributed by atoms with Crippen molar-refractivity contribution >= 4 is 146 Å². The van der Waals surface area contributed by atoms with Gasteiger partial charge in [-0.05, 0) is 223 Å². The number of nitrogens with zero attached hydrogens (tertiary/aromatic N) is 8. The average Bonchev–Trinajstić information content (AvgIpc) is 0.762. The molecule has 5 aromatic heterocycles. The van der Waals surface area contributed by atoms with Gasteiger partial charge in [0.2, 0.25) is 0 Å². The van der Waals surface area contributed by atoms with Crippen molar-refractivity contribution in [2.45, 2.75) is 64.1 Å². The third-order valence-electron chi connectivity index (χ3n) is 20.6. The van der Waals surface area contributed by atoms with Crippen LogP contribution in [0.5, 0.6) is 40.2 Å². The van der Waals surface area contributed by atoms with Crippen molar-refractivity contribution < 1.29 is 89.5 Å². The fraction of sp³-hybridized carbons (Fsp3) is 0.120. The Morgan fingerprint density at radius 1 is 0.344 bits per heavy atom. The maximum Gasteiger partial charge on any atom is 0.152 e. The number of hydrogen-bond acceptors (Lipinski definition) is 14. The van der Waals surface area contributed by atoms with Crippen molar-refractivity contribution in [1.29, 1.82) is 0 Å². The summed E-state index contributed by atoms with van der Waals surface area (Å²) >= 11 is 21.2. The number of rotatable bonds is 20. The van der Waals surface area contributed by atoms with Crippen LogP contribution >= 0.6 is 95.6 Å². The van der Waals surface area contributed by atoms with E-state index in [1.807, 2.05) is 273 Å². The number of aliphatic hydroxyl groups is 2. The minimum atomic E-state index is -0.444. The minimum Gasteiger partial charge on any atom is -0.537 e. The minimum absolute atomic E-state index is 0. The second-order valence-electron chi connectivity index (χ2n) is 29.7. The van der Waals surface area contributed by atoms with Crippen LogP contribution in [0.4, 0.5) is 39.8 Å². The molecule has 0 spiro atoms. The van der Waals surface area contributed by atoms with Crippen molar-refractivity contribution in [2.24, 2.45) is 0 Å². The molecule has 8 heterocycles. The average molecular weight is 2650 g/mol. The quantitative estimate of drug-likeness (QED) is 0.0550. The molecule has 3 radical (unpaired) electrons. The van der Waals surface area contributed by atoms with Gasteiger partial charge in [0, 0.05) is 137 Å². The summed E-state index contributed by atoms with van der Waals surface area (Å²) in [4.78, 5) is 28.5. The van der Waals surface area contributed by atoms with Crippen LogP contribution < -0.4 is 33.6 Å². The molecular formula is C108H85Br6Ir3N8O6-5. The second kappa shape index (κ2) is 50.7. The number of fused-ring (bicyclic) bond motifs is 7. The largest absolute Gasteiger partial charge is 0.537 e. The molecule has 2 N–H and O–H groups in total. The van der Waals surface area contributed by atoms with Crippen LogP contribution in [0.1, 0.15) is 51.9 Å². The van der Waals surface area contributed by atoms with E-state index in [4.69, 9.17) is 18.9 Å². The van der Waals surface area contributed by atoms with Gasteiger partial charge in [-0.15, -0.1) is 167 Å². The van der Waals surface area contributed by atoms with Gasteiger partial charge in [0.25, 0.3) is 0 Å². The maximum absolute atomic E-state index is 9.88. The molecule has 23 heteroatoms. The van der Waals surface area contributed by atoms with Crippen LogP contribution in [-0.4, -0.2) is 67.0 Å². The summed E-state index contributed by atoms with van der Waals surface area (Å²) < 4.78 is 30.3. The van der Waals surface area contributed by atoms with Gasteiger partial charge in [-0.3, -0.25) is 0 Å². The van der Waals surface area contributed by atoms with Crippen molar-refractivity contribution in [3.63, 3.8) is 0 Å². The predicted molar refractivity (Wildman–Crippen MR) is 536 cm³/mol. The third kappa shape index (κ3) is 27.8. The molecule has 2 unspecified atom stereocenters. The summed E-state index contributed by atoms with van der Waals surface area (Å²) in [5.41, 5.74) is 17.1. The van der Waals surface area contributed by atoms with E-state index in [1.54, 1.807) is 31.7 Å². The van der Waals surface area contributed by atoms with Gasteiger partial charge < -0.3 is 68.8 Å². The molecule has 14 nitrogen and oxygen atoms in total.